The topological polar surface area (TPSA) is 41.4 Å². The Bertz CT molecular complexity index is 1160. The molecule has 4 rings (SSSR count). The van der Waals surface area contributed by atoms with Crippen LogP contribution in [0.1, 0.15) is 21.5 Å². The molecule has 0 saturated heterocycles. The molecular weight excluding hydrogens is 396 g/mol. The van der Waals surface area contributed by atoms with Crippen molar-refractivity contribution in [3.63, 3.8) is 0 Å². The minimum absolute atomic E-state index is 0.0119. The highest BCUT2D eigenvalue weighted by Crippen LogP contribution is 2.26. The molecule has 1 aromatic heterocycles. The van der Waals surface area contributed by atoms with E-state index in [0.717, 1.165) is 28.9 Å². The minimum atomic E-state index is 0.0119. The van der Waals surface area contributed by atoms with Crippen LogP contribution >= 0.6 is 0 Å². The molecule has 3 aromatic carbocycles. The summed E-state index contributed by atoms with van der Waals surface area (Å²) >= 11 is 0. The Morgan fingerprint density at radius 3 is 2.19 bits per heavy atom. The van der Waals surface area contributed by atoms with Gasteiger partial charge in [0.2, 0.25) is 0 Å². The average Bonchev–Trinajstić information content (AvgIpc) is 3.32. The van der Waals surface area contributed by atoms with Crippen molar-refractivity contribution in [1.29, 1.82) is 0 Å². The van der Waals surface area contributed by atoms with Crippen LogP contribution in [0.4, 0.5) is 5.69 Å². The molecular formula is C27H28N4O. The summed E-state index contributed by atoms with van der Waals surface area (Å²) in [5.41, 5.74) is 6.09. The van der Waals surface area contributed by atoms with Crippen LogP contribution in [0.5, 0.6) is 0 Å². The Morgan fingerprint density at radius 1 is 0.844 bits per heavy atom. The molecule has 5 nitrogen and oxygen atoms in total. The molecule has 162 valence electrons. The molecule has 0 aliphatic carbocycles. The van der Waals surface area contributed by atoms with Crippen LogP contribution < -0.4 is 4.90 Å². The molecule has 32 heavy (non-hydrogen) atoms. The van der Waals surface area contributed by atoms with E-state index in [4.69, 9.17) is 0 Å². The standard InChI is InChI=1S/C27H28N4O/c1-29(2)24-15-11-21(12-16-24)19-30(3)27(32)26-8-5-4-7-25(26)23-13-9-22(10-14-23)20-31-18-6-17-28-31/h4-18H,19-20H2,1-3H3. The number of aromatic nitrogens is 2. The fraction of sp³-hybridized carbons (Fsp3) is 0.185. The van der Waals surface area contributed by atoms with Gasteiger partial charge in [0.25, 0.3) is 5.91 Å². The summed E-state index contributed by atoms with van der Waals surface area (Å²) in [5, 5.41) is 4.26. The van der Waals surface area contributed by atoms with Crippen LogP contribution in [-0.4, -0.2) is 41.7 Å². The number of nitrogens with zero attached hydrogens (tertiary/aromatic N) is 4. The van der Waals surface area contributed by atoms with Crippen LogP contribution in [0.3, 0.4) is 0 Å². The second-order valence-corrected chi connectivity index (χ2v) is 8.17. The van der Waals surface area contributed by atoms with Crippen LogP contribution in [0, 0.1) is 0 Å². The Kier molecular flexibility index (Phi) is 6.36. The molecule has 0 radical (unpaired) electrons. The first-order chi connectivity index (χ1) is 15.5. The van der Waals surface area contributed by atoms with Crippen molar-refractivity contribution < 1.29 is 4.79 Å². The molecule has 4 aromatic rings. The van der Waals surface area contributed by atoms with Gasteiger partial charge in [0.1, 0.15) is 0 Å². The van der Waals surface area contributed by atoms with Crippen molar-refractivity contribution in [2.75, 3.05) is 26.0 Å². The number of carbonyl (C=O) groups is 1. The maximum absolute atomic E-state index is 13.3. The first kappa shape index (κ1) is 21.4. The lowest BCUT2D eigenvalue weighted by Gasteiger charge is -2.20. The Labute approximate surface area is 189 Å². The smallest absolute Gasteiger partial charge is 0.254 e. The van der Waals surface area contributed by atoms with Gasteiger partial charge in [0.05, 0.1) is 6.54 Å². The van der Waals surface area contributed by atoms with Crippen LogP contribution in [-0.2, 0) is 13.1 Å². The van der Waals surface area contributed by atoms with Crippen molar-refractivity contribution in [3.8, 4) is 11.1 Å². The second kappa shape index (κ2) is 9.52. The average molecular weight is 425 g/mol. The predicted molar refractivity (Wildman–Crippen MR) is 130 cm³/mol. The summed E-state index contributed by atoms with van der Waals surface area (Å²) in [6.07, 6.45) is 3.73. The monoisotopic (exact) mass is 424 g/mol. The summed E-state index contributed by atoms with van der Waals surface area (Å²) in [5.74, 6) is 0.0119. The van der Waals surface area contributed by atoms with Gasteiger partial charge in [-0.05, 0) is 46.5 Å². The molecule has 5 heteroatoms. The van der Waals surface area contributed by atoms with E-state index in [1.807, 2.05) is 62.4 Å². The largest absolute Gasteiger partial charge is 0.378 e. The normalized spacial score (nSPS) is 10.7. The highest BCUT2D eigenvalue weighted by atomic mass is 16.2. The SMILES string of the molecule is CN(Cc1ccc(N(C)C)cc1)C(=O)c1ccccc1-c1ccc(Cn2cccn2)cc1. The van der Waals surface area contributed by atoms with Crippen molar-refractivity contribution in [1.82, 2.24) is 14.7 Å². The van der Waals surface area contributed by atoms with E-state index in [1.165, 1.54) is 5.56 Å². The van der Waals surface area contributed by atoms with Gasteiger partial charge < -0.3 is 9.80 Å². The van der Waals surface area contributed by atoms with E-state index >= 15 is 0 Å². The first-order valence-corrected chi connectivity index (χ1v) is 10.7. The van der Waals surface area contributed by atoms with E-state index in [1.54, 1.807) is 11.1 Å². The van der Waals surface area contributed by atoms with Crippen molar-refractivity contribution in [2.24, 2.45) is 0 Å². The first-order valence-electron chi connectivity index (χ1n) is 10.7. The van der Waals surface area contributed by atoms with E-state index in [9.17, 15) is 4.79 Å². The number of benzene rings is 3. The molecule has 0 spiro atoms. The number of carbonyl (C=O) groups excluding carboxylic acids is 1. The summed E-state index contributed by atoms with van der Waals surface area (Å²) < 4.78 is 1.90. The zero-order valence-electron chi connectivity index (χ0n) is 18.8. The molecule has 0 aliphatic rings. The number of hydrogen-bond acceptors (Lipinski definition) is 3. The molecule has 0 bridgehead atoms. The zero-order valence-corrected chi connectivity index (χ0v) is 18.8. The highest BCUT2D eigenvalue weighted by Gasteiger charge is 2.17. The van der Waals surface area contributed by atoms with Gasteiger partial charge in [-0.1, -0.05) is 54.6 Å². The molecule has 0 unspecified atom stereocenters. The van der Waals surface area contributed by atoms with Crippen molar-refractivity contribution in [2.45, 2.75) is 13.1 Å². The minimum Gasteiger partial charge on any atom is -0.378 e. The zero-order chi connectivity index (χ0) is 22.5. The van der Waals surface area contributed by atoms with Gasteiger partial charge in [-0.3, -0.25) is 9.48 Å². The van der Waals surface area contributed by atoms with Crippen LogP contribution in [0.15, 0.2) is 91.3 Å². The fourth-order valence-electron chi connectivity index (χ4n) is 3.74. The number of anilines is 1. The molecule has 1 amide bonds. The summed E-state index contributed by atoms with van der Waals surface area (Å²) in [4.78, 5) is 17.1. The van der Waals surface area contributed by atoms with Gasteiger partial charge in [0, 0.05) is 51.3 Å². The number of rotatable bonds is 7. The van der Waals surface area contributed by atoms with Gasteiger partial charge >= 0.3 is 0 Å². The van der Waals surface area contributed by atoms with Crippen molar-refractivity contribution >= 4 is 11.6 Å². The van der Waals surface area contributed by atoms with Gasteiger partial charge in [-0.25, -0.2) is 0 Å². The fourth-order valence-corrected chi connectivity index (χ4v) is 3.74. The van der Waals surface area contributed by atoms with Gasteiger partial charge in [-0.2, -0.15) is 5.10 Å². The Hall–Kier alpha value is -3.86. The molecule has 0 atom stereocenters. The summed E-state index contributed by atoms with van der Waals surface area (Å²) in [7, 11) is 5.89. The maximum Gasteiger partial charge on any atom is 0.254 e. The van der Waals surface area contributed by atoms with Gasteiger partial charge in [-0.15, -0.1) is 0 Å². The third-order valence-corrected chi connectivity index (χ3v) is 5.55. The number of amides is 1. The van der Waals surface area contributed by atoms with Crippen molar-refractivity contribution in [3.05, 3.63) is 108 Å². The lowest BCUT2D eigenvalue weighted by Crippen LogP contribution is -2.26. The number of hydrogen-bond donors (Lipinski definition) is 0. The molecule has 1 heterocycles. The van der Waals surface area contributed by atoms with E-state index < -0.39 is 0 Å². The second-order valence-electron chi connectivity index (χ2n) is 8.17. The highest BCUT2D eigenvalue weighted by molar-refractivity contribution is 6.00. The van der Waals surface area contributed by atoms with Crippen LogP contribution in [0.25, 0.3) is 11.1 Å². The molecule has 0 fully saturated rings. The summed E-state index contributed by atoms with van der Waals surface area (Å²) in [6.45, 7) is 1.28. The van der Waals surface area contributed by atoms with Crippen LogP contribution in [0.2, 0.25) is 0 Å². The maximum atomic E-state index is 13.3. The van der Waals surface area contributed by atoms with Gasteiger partial charge in [0.15, 0.2) is 0 Å². The Balaban J connectivity index is 1.51. The molecule has 0 aliphatic heterocycles. The Morgan fingerprint density at radius 2 is 1.53 bits per heavy atom. The molecule has 0 saturated carbocycles. The van der Waals surface area contributed by atoms with E-state index in [2.05, 4.69) is 58.5 Å². The lowest BCUT2D eigenvalue weighted by atomic mass is 9.97. The van der Waals surface area contributed by atoms with E-state index in [0.29, 0.717) is 12.1 Å². The summed E-state index contributed by atoms with van der Waals surface area (Å²) in [6, 6.07) is 26.4. The quantitative estimate of drug-likeness (QED) is 0.422. The predicted octanol–water partition coefficient (Wildman–Crippen LogP) is 4.94. The third kappa shape index (κ3) is 4.89. The molecule has 0 N–H and O–H groups in total. The lowest BCUT2D eigenvalue weighted by molar-refractivity contribution is 0.0786. The third-order valence-electron chi connectivity index (χ3n) is 5.55. The van der Waals surface area contributed by atoms with E-state index in [-0.39, 0.29) is 5.91 Å².